The molecule has 1 N–H and O–H groups in total. The van der Waals surface area contributed by atoms with Gasteiger partial charge in [0.25, 0.3) is 11.6 Å². The van der Waals surface area contributed by atoms with Gasteiger partial charge in [0.1, 0.15) is 0 Å². The van der Waals surface area contributed by atoms with Gasteiger partial charge in [0, 0.05) is 22.8 Å². The van der Waals surface area contributed by atoms with Gasteiger partial charge in [0.05, 0.1) is 23.7 Å². The molecule has 0 unspecified atom stereocenters. The molecule has 0 aliphatic carbocycles. The summed E-state index contributed by atoms with van der Waals surface area (Å²) in [6.45, 7) is 1.61. The minimum absolute atomic E-state index is 0.100. The van der Waals surface area contributed by atoms with E-state index in [2.05, 4.69) is 10.5 Å². The summed E-state index contributed by atoms with van der Waals surface area (Å²) in [5.74, 6) is -0.521. The second-order valence-corrected chi connectivity index (χ2v) is 4.01. The van der Waals surface area contributed by atoms with Crippen LogP contribution in [0.5, 0.6) is 0 Å². The van der Waals surface area contributed by atoms with Gasteiger partial charge in [-0.25, -0.2) is 5.43 Å². The number of carbonyl (C=O) groups excluding carboxylic acids is 1. The van der Waals surface area contributed by atoms with Crippen LogP contribution in [0.2, 0.25) is 0 Å². The average molecular weight is 273 g/mol. The Labute approximate surface area is 114 Å². The van der Waals surface area contributed by atoms with E-state index in [1.54, 1.807) is 13.0 Å². The third-order valence-corrected chi connectivity index (χ3v) is 2.59. The van der Waals surface area contributed by atoms with Crippen molar-refractivity contribution in [3.05, 3.63) is 63.6 Å². The van der Waals surface area contributed by atoms with Gasteiger partial charge in [-0.15, -0.1) is 0 Å². The molecule has 0 spiro atoms. The van der Waals surface area contributed by atoms with Gasteiger partial charge < -0.3 is 4.42 Å². The summed E-state index contributed by atoms with van der Waals surface area (Å²) in [4.78, 5) is 22.1. The van der Waals surface area contributed by atoms with Crippen LogP contribution in [0, 0.1) is 17.0 Å². The van der Waals surface area contributed by atoms with Gasteiger partial charge >= 0.3 is 0 Å². The van der Waals surface area contributed by atoms with Crippen molar-refractivity contribution in [2.75, 3.05) is 0 Å². The Morgan fingerprint density at radius 1 is 1.45 bits per heavy atom. The van der Waals surface area contributed by atoms with E-state index in [1.807, 2.05) is 0 Å². The van der Waals surface area contributed by atoms with Crippen molar-refractivity contribution in [3.8, 4) is 0 Å². The summed E-state index contributed by atoms with van der Waals surface area (Å²) >= 11 is 0. The molecule has 0 saturated heterocycles. The number of nitrogens with zero attached hydrogens (tertiary/aromatic N) is 2. The first-order valence-corrected chi connectivity index (χ1v) is 5.68. The first-order chi connectivity index (χ1) is 9.58. The Morgan fingerprint density at radius 2 is 2.25 bits per heavy atom. The number of nitro groups is 1. The van der Waals surface area contributed by atoms with Crippen molar-refractivity contribution in [1.29, 1.82) is 0 Å². The Hall–Kier alpha value is -2.96. The monoisotopic (exact) mass is 273 g/mol. The number of nitrogens with one attached hydrogen (secondary N) is 1. The Balaban J connectivity index is 2.09. The van der Waals surface area contributed by atoms with Crippen LogP contribution in [0.15, 0.2) is 46.3 Å². The molecule has 0 atom stereocenters. The lowest BCUT2D eigenvalue weighted by molar-refractivity contribution is -0.385. The molecule has 2 rings (SSSR count). The van der Waals surface area contributed by atoms with E-state index in [0.717, 1.165) is 0 Å². The number of hydrogen-bond acceptors (Lipinski definition) is 5. The summed E-state index contributed by atoms with van der Waals surface area (Å²) in [5.41, 5.74) is 3.55. The fraction of sp³-hybridized carbons (Fsp3) is 0.0769. The summed E-state index contributed by atoms with van der Waals surface area (Å²) < 4.78 is 4.83. The van der Waals surface area contributed by atoms with Gasteiger partial charge in [-0.1, -0.05) is 6.07 Å². The van der Waals surface area contributed by atoms with Gasteiger partial charge in [-0.2, -0.15) is 5.10 Å². The molecule has 7 heteroatoms. The van der Waals surface area contributed by atoms with E-state index in [-0.39, 0.29) is 11.3 Å². The second-order valence-electron chi connectivity index (χ2n) is 4.01. The van der Waals surface area contributed by atoms with Crippen LogP contribution < -0.4 is 5.43 Å². The third kappa shape index (κ3) is 3.08. The van der Waals surface area contributed by atoms with Crippen molar-refractivity contribution in [1.82, 2.24) is 5.43 Å². The summed E-state index contributed by atoms with van der Waals surface area (Å²) in [5, 5.41) is 14.5. The maximum Gasteiger partial charge on any atom is 0.273 e. The smallest absolute Gasteiger partial charge is 0.273 e. The molecule has 0 bridgehead atoms. The molecule has 1 aromatic carbocycles. The van der Waals surface area contributed by atoms with E-state index < -0.39 is 10.8 Å². The fourth-order valence-electron chi connectivity index (χ4n) is 1.53. The van der Waals surface area contributed by atoms with E-state index in [9.17, 15) is 14.9 Å². The highest BCUT2D eigenvalue weighted by molar-refractivity contribution is 5.95. The molecule has 0 radical (unpaired) electrons. The van der Waals surface area contributed by atoms with E-state index in [1.165, 1.54) is 36.9 Å². The number of hydrogen-bond donors (Lipinski definition) is 1. The van der Waals surface area contributed by atoms with E-state index in [4.69, 9.17) is 4.42 Å². The highest BCUT2D eigenvalue weighted by Gasteiger charge is 2.14. The quantitative estimate of drug-likeness (QED) is 0.524. The summed E-state index contributed by atoms with van der Waals surface area (Å²) in [6.07, 6.45) is 4.35. The number of amides is 1. The molecule has 20 heavy (non-hydrogen) atoms. The minimum Gasteiger partial charge on any atom is -0.472 e. The number of furan rings is 1. The zero-order valence-corrected chi connectivity index (χ0v) is 10.6. The number of carbonyl (C=O) groups is 1. The topological polar surface area (TPSA) is 97.7 Å². The van der Waals surface area contributed by atoms with Crippen molar-refractivity contribution in [3.63, 3.8) is 0 Å². The molecule has 2 aromatic rings. The number of nitro benzene ring substituents is 1. The Bertz CT molecular complexity index is 662. The van der Waals surface area contributed by atoms with Crippen molar-refractivity contribution in [2.24, 2.45) is 5.10 Å². The second kappa shape index (κ2) is 5.79. The number of rotatable bonds is 4. The molecule has 7 nitrogen and oxygen atoms in total. The lowest BCUT2D eigenvalue weighted by Gasteiger charge is -2.01. The first-order valence-electron chi connectivity index (χ1n) is 5.68. The Morgan fingerprint density at radius 3 is 2.90 bits per heavy atom. The fourth-order valence-corrected chi connectivity index (χ4v) is 1.53. The molecule has 0 fully saturated rings. The first kappa shape index (κ1) is 13.5. The van der Waals surface area contributed by atoms with Gasteiger partial charge in [-0.05, 0) is 19.1 Å². The third-order valence-electron chi connectivity index (χ3n) is 2.59. The van der Waals surface area contributed by atoms with Gasteiger partial charge in [-0.3, -0.25) is 14.9 Å². The summed E-state index contributed by atoms with van der Waals surface area (Å²) in [6, 6.07) is 5.92. The lowest BCUT2D eigenvalue weighted by atomic mass is 10.1. The van der Waals surface area contributed by atoms with E-state index >= 15 is 0 Å². The average Bonchev–Trinajstić information content (AvgIpc) is 2.92. The standard InChI is InChI=1S/C13H11N3O4/c1-9-2-3-11(6-12(9)16(18)19)13(17)15-14-7-10-4-5-20-8-10/h2-8H,1H3,(H,15,17). The highest BCUT2D eigenvalue weighted by Crippen LogP contribution is 2.19. The van der Waals surface area contributed by atoms with Gasteiger partial charge in [0.2, 0.25) is 0 Å². The zero-order valence-electron chi connectivity index (χ0n) is 10.6. The van der Waals surface area contributed by atoms with Crippen LogP contribution in [-0.4, -0.2) is 17.0 Å². The Kier molecular flexibility index (Phi) is 3.90. The largest absolute Gasteiger partial charge is 0.472 e. The minimum atomic E-state index is -0.527. The van der Waals surface area contributed by atoms with Crippen LogP contribution in [0.25, 0.3) is 0 Å². The maximum absolute atomic E-state index is 11.8. The van der Waals surface area contributed by atoms with Crippen LogP contribution in [0.4, 0.5) is 5.69 Å². The van der Waals surface area contributed by atoms with Crippen molar-refractivity contribution in [2.45, 2.75) is 6.92 Å². The predicted octanol–water partition coefficient (Wildman–Crippen LogP) is 2.26. The molecule has 1 heterocycles. The van der Waals surface area contributed by atoms with Crippen LogP contribution >= 0.6 is 0 Å². The van der Waals surface area contributed by atoms with Crippen molar-refractivity contribution < 1.29 is 14.1 Å². The molecule has 102 valence electrons. The molecule has 1 aromatic heterocycles. The van der Waals surface area contributed by atoms with Crippen LogP contribution in [-0.2, 0) is 0 Å². The predicted molar refractivity (Wildman–Crippen MR) is 71.6 cm³/mol. The SMILES string of the molecule is Cc1ccc(C(=O)NN=Cc2ccoc2)cc1[N+](=O)[O-]. The molecular weight excluding hydrogens is 262 g/mol. The van der Waals surface area contributed by atoms with Crippen LogP contribution in [0.3, 0.4) is 0 Å². The van der Waals surface area contributed by atoms with Gasteiger partial charge in [0.15, 0.2) is 0 Å². The maximum atomic E-state index is 11.8. The number of aryl methyl sites for hydroxylation is 1. The molecular formula is C13H11N3O4. The summed E-state index contributed by atoms with van der Waals surface area (Å²) in [7, 11) is 0. The number of benzene rings is 1. The van der Waals surface area contributed by atoms with E-state index in [0.29, 0.717) is 11.1 Å². The molecule has 0 saturated carbocycles. The molecule has 1 amide bonds. The molecule has 0 aliphatic heterocycles. The normalized spacial score (nSPS) is 10.7. The lowest BCUT2D eigenvalue weighted by Crippen LogP contribution is -2.17. The molecule has 0 aliphatic rings. The number of hydrazone groups is 1. The van der Waals surface area contributed by atoms with Crippen LogP contribution in [0.1, 0.15) is 21.5 Å². The highest BCUT2D eigenvalue weighted by atomic mass is 16.6. The zero-order chi connectivity index (χ0) is 14.5. The van der Waals surface area contributed by atoms with Crippen molar-refractivity contribution >= 4 is 17.8 Å².